The van der Waals surface area contributed by atoms with Crippen LogP contribution in [0.15, 0.2) is 35.6 Å². The van der Waals surface area contributed by atoms with Crippen molar-refractivity contribution in [2.75, 3.05) is 0 Å². The highest BCUT2D eigenvalue weighted by molar-refractivity contribution is 6.30. The van der Waals surface area contributed by atoms with Crippen molar-refractivity contribution in [1.29, 1.82) is 5.41 Å². The average molecular weight is 346 g/mol. The minimum Gasteiger partial charge on any atom is -0.369 e. The van der Waals surface area contributed by atoms with E-state index in [1.165, 1.54) is 12.1 Å². The smallest absolute Gasteiger partial charge is 0.206 e. The highest BCUT2D eigenvalue weighted by Crippen LogP contribution is 2.35. The number of benzene rings is 1. The van der Waals surface area contributed by atoms with Crippen molar-refractivity contribution in [1.82, 2.24) is 10.4 Å². The molecule has 24 heavy (non-hydrogen) atoms. The summed E-state index contributed by atoms with van der Waals surface area (Å²) in [6.07, 6.45) is 2.85. The number of hydrogen-bond donors (Lipinski definition) is 3. The first-order valence-electron chi connectivity index (χ1n) is 7.52. The van der Waals surface area contributed by atoms with Crippen molar-refractivity contribution < 1.29 is 4.39 Å². The fourth-order valence-electron chi connectivity index (χ4n) is 3.08. The lowest BCUT2D eigenvalue weighted by molar-refractivity contribution is 0.571. The molecule has 1 aliphatic rings. The molecule has 124 valence electrons. The summed E-state index contributed by atoms with van der Waals surface area (Å²) in [6, 6.07) is 6.47. The predicted octanol–water partition coefficient (Wildman–Crippen LogP) is 3.10. The molecule has 0 saturated carbocycles. The van der Waals surface area contributed by atoms with E-state index in [0.717, 1.165) is 16.8 Å². The van der Waals surface area contributed by atoms with Crippen LogP contribution in [0, 0.1) is 18.2 Å². The molecule has 4 N–H and O–H groups in total. The maximum Gasteiger partial charge on any atom is 0.206 e. The Labute approximate surface area is 144 Å². The van der Waals surface area contributed by atoms with Gasteiger partial charge in [-0.25, -0.2) is 9.82 Å². The molecule has 1 heterocycles. The van der Waals surface area contributed by atoms with Crippen LogP contribution in [-0.4, -0.2) is 16.7 Å². The number of guanidine groups is 1. The standard InChI is InChI=1S/C17H17ClFN5/c1-9-4-5-22-14-6-10(12-8-11(18)2-3-13(12)19)7-15(16(9)14)23-24-17(20)21/h2-5,8,10H,6-7H2,1H3,(H4,20,21,24). The number of nitrogens with two attached hydrogens (primary N) is 1. The highest BCUT2D eigenvalue weighted by Gasteiger charge is 2.29. The molecule has 0 radical (unpaired) electrons. The van der Waals surface area contributed by atoms with E-state index in [2.05, 4.69) is 15.5 Å². The minimum atomic E-state index is -0.292. The molecular weight excluding hydrogens is 329 g/mol. The zero-order valence-corrected chi connectivity index (χ0v) is 13.9. The lowest BCUT2D eigenvalue weighted by atomic mass is 9.80. The van der Waals surface area contributed by atoms with Gasteiger partial charge in [-0.2, -0.15) is 5.10 Å². The summed E-state index contributed by atoms with van der Waals surface area (Å²) < 4.78 is 14.3. The van der Waals surface area contributed by atoms with Crippen LogP contribution < -0.4 is 11.2 Å². The van der Waals surface area contributed by atoms with Gasteiger partial charge in [0.25, 0.3) is 0 Å². The topological polar surface area (TPSA) is 87.2 Å². The summed E-state index contributed by atoms with van der Waals surface area (Å²) in [6.45, 7) is 1.98. The van der Waals surface area contributed by atoms with E-state index in [4.69, 9.17) is 22.7 Å². The predicted molar refractivity (Wildman–Crippen MR) is 93.0 cm³/mol. The van der Waals surface area contributed by atoms with Crippen molar-refractivity contribution in [2.24, 2.45) is 10.8 Å². The number of fused-ring (bicyclic) bond motifs is 1. The molecule has 0 amide bonds. The fraction of sp³-hybridized carbons (Fsp3) is 0.235. The molecule has 2 aromatic rings. The first-order chi connectivity index (χ1) is 11.5. The third-order valence-electron chi connectivity index (χ3n) is 4.12. The second kappa shape index (κ2) is 6.57. The molecule has 7 heteroatoms. The van der Waals surface area contributed by atoms with Crippen LogP contribution in [0.3, 0.4) is 0 Å². The molecule has 0 saturated heterocycles. The van der Waals surface area contributed by atoms with Crippen molar-refractivity contribution >= 4 is 23.3 Å². The number of nitrogens with zero attached hydrogens (tertiary/aromatic N) is 2. The van der Waals surface area contributed by atoms with Gasteiger partial charge in [-0.05, 0) is 61.1 Å². The lowest BCUT2D eigenvalue weighted by Gasteiger charge is -2.27. The van der Waals surface area contributed by atoms with Crippen molar-refractivity contribution in [3.8, 4) is 0 Å². The summed E-state index contributed by atoms with van der Waals surface area (Å²) in [5.41, 5.74) is 11.9. The van der Waals surface area contributed by atoms with Gasteiger partial charge in [0, 0.05) is 16.8 Å². The number of pyridine rings is 1. The maximum atomic E-state index is 14.3. The first-order valence-corrected chi connectivity index (χ1v) is 7.90. The lowest BCUT2D eigenvalue weighted by Crippen LogP contribution is -2.29. The van der Waals surface area contributed by atoms with Crippen LogP contribution >= 0.6 is 11.6 Å². The number of rotatable bonds is 2. The molecule has 0 spiro atoms. The molecule has 1 aliphatic carbocycles. The van der Waals surface area contributed by atoms with Gasteiger partial charge in [0.05, 0.1) is 11.4 Å². The van der Waals surface area contributed by atoms with Gasteiger partial charge in [-0.15, -0.1) is 0 Å². The molecule has 0 bridgehead atoms. The van der Waals surface area contributed by atoms with Crippen molar-refractivity contribution in [2.45, 2.75) is 25.7 Å². The number of aromatic nitrogens is 1. The highest BCUT2D eigenvalue weighted by atomic mass is 35.5. The second-order valence-corrected chi connectivity index (χ2v) is 6.24. The number of aryl methyl sites for hydroxylation is 1. The van der Waals surface area contributed by atoms with Gasteiger partial charge in [0.2, 0.25) is 5.96 Å². The molecular formula is C17H17ClFN5. The zero-order valence-electron chi connectivity index (χ0n) is 13.1. The summed E-state index contributed by atoms with van der Waals surface area (Å²) in [7, 11) is 0. The summed E-state index contributed by atoms with van der Waals surface area (Å²) >= 11 is 6.03. The van der Waals surface area contributed by atoms with Crippen LogP contribution in [0.4, 0.5) is 4.39 Å². The van der Waals surface area contributed by atoms with Crippen LogP contribution in [0.2, 0.25) is 5.02 Å². The Morgan fingerprint density at radius 2 is 2.21 bits per heavy atom. The summed E-state index contributed by atoms with van der Waals surface area (Å²) in [4.78, 5) is 4.44. The van der Waals surface area contributed by atoms with Crippen LogP contribution in [0.25, 0.3) is 0 Å². The molecule has 0 fully saturated rings. The van der Waals surface area contributed by atoms with Crippen LogP contribution in [0.5, 0.6) is 0 Å². The van der Waals surface area contributed by atoms with Crippen LogP contribution in [0.1, 0.15) is 34.7 Å². The Balaban J connectivity index is 2.06. The molecule has 1 atom stereocenters. The summed E-state index contributed by atoms with van der Waals surface area (Å²) in [5.74, 6) is -0.668. The fourth-order valence-corrected chi connectivity index (χ4v) is 3.26. The van der Waals surface area contributed by atoms with E-state index in [9.17, 15) is 4.39 Å². The van der Waals surface area contributed by atoms with Gasteiger partial charge >= 0.3 is 0 Å². The van der Waals surface area contributed by atoms with Gasteiger partial charge in [-0.1, -0.05) is 11.6 Å². The normalized spacial score (nSPS) is 18.3. The van der Waals surface area contributed by atoms with Gasteiger partial charge in [-0.3, -0.25) is 10.4 Å². The molecule has 5 nitrogen and oxygen atoms in total. The van der Waals surface area contributed by atoms with Crippen LogP contribution in [-0.2, 0) is 6.42 Å². The quantitative estimate of drug-likeness (QED) is 0.444. The Bertz CT molecular complexity index is 834. The van der Waals surface area contributed by atoms with Crippen molar-refractivity contribution in [3.63, 3.8) is 0 Å². The zero-order chi connectivity index (χ0) is 17.3. The van der Waals surface area contributed by atoms with Gasteiger partial charge in [0.1, 0.15) is 5.82 Å². The molecule has 3 rings (SSSR count). The van der Waals surface area contributed by atoms with E-state index in [1.807, 2.05) is 13.0 Å². The monoisotopic (exact) mass is 345 g/mol. The summed E-state index contributed by atoms with van der Waals surface area (Å²) in [5, 5.41) is 12.0. The van der Waals surface area contributed by atoms with Crippen molar-refractivity contribution in [3.05, 3.63) is 63.7 Å². The van der Waals surface area contributed by atoms with E-state index in [-0.39, 0.29) is 17.7 Å². The number of hydrogen-bond acceptors (Lipinski definition) is 3. The van der Waals surface area contributed by atoms with E-state index < -0.39 is 0 Å². The Morgan fingerprint density at radius 3 is 2.96 bits per heavy atom. The average Bonchev–Trinajstić information content (AvgIpc) is 2.54. The molecule has 0 aliphatic heterocycles. The second-order valence-electron chi connectivity index (χ2n) is 5.80. The number of halogens is 2. The Kier molecular flexibility index (Phi) is 4.49. The molecule has 1 aromatic heterocycles. The van der Waals surface area contributed by atoms with E-state index in [1.54, 1.807) is 12.3 Å². The molecule has 1 aromatic carbocycles. The van der Waals surface area contributed by atoms with Gasteiger partial charge < -0.3 is 5.73 Å². The number of nitrogens with one attached hydrogen (secondary N) is 2. The minimum absolute atomic E-state index is 0.127. The SMILES string of the molecule is Cc1ccnc2c1C(=NNC(=N)N)CC(c1cc(Cl)ccc1F)C2. The van der Waals surface area contributed by atoms with E-state index >= 15 is 0 Å². The third kappa shape index (κ3) is 3.23. The Morgan fingerprint density at radius 1 is 1.42 bits per heavy atom. The maximum absolute atomic E-state index is 14.3. The van der Waals surface area contributed by atoms with E-state index in [0.29, 0.717) is 29.1 Å². The molecule has 1 unspecified atom stereocenters. The third-order valence-corrected chi connectivity index (χ3v) is 4.35. The van der Waals surface area contributed by atoms with Gasteiger partial charge in [0.15, 0.2) is 0 Å². The number of hydrazone groups is 1. The Hall–Kier alpha value is -2.47. The largest absolute Gasteiger partial charge is 0.369 e. The first kappa shape index (κ1) is 16.4.